The third-order valence-corrected chi connectivity index (χ3v) is 3.62. The van der Waals surface area contributed by atoms with E-state index in [4.69, 9.17) is 5.73 Å². The van der Waals surface area contributed by atoms with Crippen LogP contribution in [0.5, 0.6) is 0 Å². The molecule has 0 heterocycles. The Morgan fingerprint density at radius 1 is 1.25 bits per heavy atom. The number of amides is 1. The maximum Gasteiger partial charge on any atom is 0.255 e. The van der Waals surface area contributed by atoms with Crippen LogP contribution in [-0.4, -0.2) is 12.5 Å². The Morgan fingerprint density at radius 2 is 2.00 bits per heavy atom. The number of nitrogens with one attached hydrogen (secondary N) is 1. The van der Waals surface area contributed by atoms with E-state index in [0.29, 0.717) is 18.5 Å². The highest BCUT2D eigenvalue weighted by atomic mass is 79.9. The van der Waals surface area contributed by atoms with E-state index in [-0.39, 0.29) is 5.91 Å². The fraction of sp³-hybridized carbons (Fsp3) is 0.188. The zero-order chi connectivity index (χ0) is 14.5. The van der Waals surface area contributed by atoms with E-state index in [0.717, 1.165) is 21.3 Å². The summed E-state index contributed by atoms with van der Waals surface area (Å²) in [5.74, 6) is -0.102. The van der Waals surface area contributed by atoms with Crippen molar-refractivity contribution in [3.8, 4) is 0 Å². The van der Waals surface area contributed by atoms with Crippen molar-refractivity contribution in [2.75, 3.05) is 11.9 Å². The van der Waals surface area contributed by atoms with E-state index in [9.17, 15) is 4.79 Å². The predicted octanol–water partition coefficient (Wildman–Crippen LogP) is 3.51. The van der Waals surface area contributed by atoms with Gasteiger partial charge in [0.15, 0.2) is 0 Å². The summed E-state index contributed by atoms with van der Waals surface area (Å²) in [5.41, 5.74) is 9.08. The van der Waals surface area contributed by atoms with Gasteiger partial charge in [-0.05, 0) is 49.2 Å². The van der Waals surface area contributed by atoms with E-state index < -0.39 is 0 Å². The minimum Gasteiger partial charge on any atom is -0.330 e. The summed E-state index contributed by atoms with van der Waals surface area (Å²) in [5, 5.41) is 2.96. The lowest BCUT2D eigenvalue weighted by molar-refractivity contribution is 0.102. The Balaban J connectivity index is 2.26. The number of halogens is 1. The Labute approximate surface area is 127 Å². The van der Waals surface area contributed by atoms with Crippen molar-refractivity contribution in [2.24, 2.45) is 5.73 Å². The molecule has 3 nitrogen and oxygen atoms in total. The Hall–Kier alpha value is -1.65. The van der Waals surface area contributed by atoms with E-state index in [1.807, 2.05) is 49.4 Å². The van der Waals surface area contributed by atoms with Crippen molar-refractivity contribution in [2.45, 2.75) is 13.3 Å². The molecule has 0 spiro atoms. The molecule has 0 atom stereocenters. The molecule has 0 unspecified atom stereocenters. The standard InChI is InChI=1S/C16H17BrN2O/c1-11-6-7-13(17)10-15(11)19-16(20)14-5-3-2-4-12(14)8-9-18/h2-7,10H,8-9,18H2,1H3,(H,19,20). The summed E-state index contributed by atoms with van der Waals surface area (Å²) in [7, 11) is 0. The smallest absolute Gasteiger partial charge is 0.255 e. The van der Waals surface area contributed by atoms with Crippen molar-refractivity contribution in [1.29, 1.82) is 0 Å². The lowest BCUT2D eigenvalue weighted by atomic mass is 10.0. The number of hydrogen-bond donors (Lipinski definition) is 2. The Kier molecular flexibility index (Phi) is 4.93. The Bertz CT molecular complexity index is 626. The van der Waals surface area contributed by atoms with Crippen molar-refractivity contribution >= 4 is 27.5 Å². The van der Waals surface area contributed by atoms with Gasteiger partial charge in [-0.2, -0.15) is 0 Å². The Morgan fingerprint density at radius 3 is 2.75 bits per heavy atom. The molecule has 2 aromatic rings. The van der Waals surface area contributed by atoms with Crippen molar-refractivity contribution in [3.05, 3.63) is 63.6 Å². The van der Waals surface area contributed by atoms with Gasteiger partial charge in [0.05, 0.1) is 0 Å². The number of aryl methyl sites for hydroxylation is 1. The van der Waals surface area contributed by atoms with E-state index >= 15 is 0 Å². The van der Waals surface area contributed by atoms with Crippen LogP contribution in [0.3, 0.4) is 0 Å². The third-order valence-electron chi connectivity index (χ3n) is 3.12. The molecule has 0 fully saturated rings. The third kappa shape index (κ3) is 3.46. The van der Waals surface area contributed by atoms with Gasteiger partial charge in [-0.1, -0.05) is 40.2 Å². The fourth-order valence-electron chi connectivity index (χ4n) is 2.03. The van der Waals surface area contributed by atoms with Gasteiger partial charge in [-0.3, -0.25) is 4.79 Å². The number of hydrogen-bond acceptors (Lipinski definition) is 2. The number of nitrogens with two attached hydrogens (primary N) is 1. The van der Waals surface area contributed by atoms with Crippen LogP contribution in [-0.2, 0) is 6.42 Å². The molecule has 0 saturated carbocycles. The van der Waals surface area contributed by atoms with E-state index in [1.54, 1.807) is 0 Å². The van der Waals surface area contributed by atoms with Gasteiger partial charge in [0.25, 0.3) is 5.91 Å². The number of carbonyl (C=O) groups excluding carboxylic acids is 1. The molecular formula is C16H17BrN2O. The minimum absolute atomic E-state index is 0.102. The normalized spacial score (nSPS) is 10.3. The molecule has 20 heavy (non-hydrogen) atoms. The summed E-state index contributed by atoms with van der Waals surface area (Å²) in [6, 6.07) is 13.4. The van der Waals surface area contributed by atoms with Crippen LogP contribution in [0.1, 0.15) is 21.5 Å². The number of benzene rings is 2. The van der Waals surface area contributed by atoms with Gasteiger partial charge >= 0.3 is 0 Å². The fourth-order valence-corrected chi connectivity index (χ4v) is 2.39. The van der Waals surface area contributed by atoms with Gasteiger partial charge in [0.2, 0.25) is 0 Å². The summed E-state index contributed by atoms with van der Waals surface area (Å²) in [4.78, 5) is 12.4. The van der Waals surface area contributed by atoms with Crippen LogP contribution in [0, 0.1) is 6.92 Å². The molecule has 0 radical (unpaired) electrons. The number of rotatable bonds is 4. The summed E-state index contributed by atoms with van der Waals surface area (Å²) >= 11 is 3.41. The molecule has 0 aliphatic rings. The quantitative estimate of drug-likeness (QED) is 0.900. The SMILES string of the molecule is Cc1ccc(Br)cc1NC(=O)c1ccccc1CCN. The maximum atomic E-state index is 12.4. The zero-order valence-electron chi connectivity index (χ0n) is 11.3. The highest BCUT2D eigenvalue weighted by molar-refractivity contribution is 9.10. The van der Waals surface area contributed by atoms with Crippen LogP contribution < -0.4 is 11.1 Å². The molecule has 104 valence electrons. The largest absolute Gasteiger partial charge is 0.330 e. The van der Waals surface area contributed by atoms with Crippen LogP contribution in [0.4, 0.5) is 5.69 Å². The molecule has 2 rings (SSSR count). The van der Waals surface area contributed by atoms with Crippen LogP contribution >= 0.6 is 15.9 Å². The molecule has 3 N–H and O–H groups in total. The average molecular weight is 333 g/mol. The lowest BCUT2D eigenvalue weighted by Crippen LogP contribution is -2.16. The van der Waals surface area contributed by atoms with Gasteiger partial charge in [0, 0.05) is 15.7 Å². The number of anilines is 1. The average Bonchev–Trinajstić information content (AvgIpc) is 2.44. The zero-order valence-corrected chi connectivity index (χ0v) is 12.9. The second kappa shape index (κ2) is 6.68. The number of carbonyl (C=O) groups is 1. The molecule has 2 aromatic carbocycles. The molecule has 1 amide bonds. The lowest BCUT2D eigenvalue weighted by Gasteiger charge is -2.11. The van der Waals surface area contributed by atoms with Crippen molar-refractivity contribution in [3.63, 3.8) is 0 Å². The first-order valence-corrected chi connectivity index (χ1v) is 7.26. The maximum absolute atomic E-state index is 12.4. The second-order valence-corrected chi connectivity index (χ2v) is 5.52. The van der Waals surface area contributed by atoms with Crippen molar-refractivity contribution in [1.82, 2.24) is 0 Å². The first-order valence-electron chi connectivity index (χ1n) is 6.47. The van der Waals surface area contributed by atoms with Crippen LogP contribution in [0.2, 0.25) is 0 Å². The molecule has 0 aliphatic carbocycles. The van der Waals surface area contributed by atoms with Gasteiger partial charge in [-0.25, -0.2) is 0 Å². The molecule has 4 heteroatoms. The summed E-state index contributed by atoms with van der Waals surface area (Å²) in [6.45, 7) is 2.49. The highest BCUT2D eigenvalue weighted by Gasteiger charge is 2.11. The van der Waals surface area contributed by atoms with Gasteiger partial charge in [-0.15, -0.1) is 0 Å². The first kappa shape index (κ1) is 14.8. The summed E-state index contributed by atoms with van der Waals surface area (Å²) < 4.78 is 0.939. The van der Waals surface area contributed by atoms with Crippen LogP contribution in [0.15, 0.2) is 46.9 Å². The highest BCUT2D eigenvalue weighted by Crippen LogP contribution is 2.22. The van der Waals surface area contributed by atoms with E-state index in [2.05, 4.69) is 21.2 Å². The monoisotopic (exact) mass is 332 g/mol. The van der Waals surface area contributed by atoms with Gasteiger partial charge < -0.3 is 11.1 Å². The first-order chi connectivity index (χ1) is 9.61. The van der Waals surface area contributed by atoms with Crippen LogP contribution in [0.25, 0.3) is 0 Å². The second-order valence-electron chi connectivity index (χ2n) is 4.61. The molecule has 0 aromatic heterocycles. The van der Waals surface area contributed by atoms with Crippen molar-refractivity contribution < 1.29 is 4.79 Å². The minimum atomic E-state index is -0.102. The summed E-state index contributed by atoms with van der Waals surface area (Å²) in [6.07, 6.45) is 0.695. The molecule has 0 aliphatic heterocycles. The molecule has 0 bridgehead atoms. The predicted molar refractivity (Wildman–Crippen MR) is 86.0 cm³/mol. The molecular weight excluding hydrogens is 316 g/mol. The van der Waals surface area contributed by atoms with E-state index in [1.165, 1.54) is 0 Å². The topological polar surface area (TPSA) is 55.1 Å². The molecule has 0 saturated heterocycles. The van der Waals surface area contributed by atoms with Gasteiger partial charge in [0.1, 0.15) is 0 Å².